The maximum absolute atomic E-state index is 5.19. The van der Waals surface area contributed by atoms with E-state index in [-0.39, 0.29) is 0 Å². The van der Waals surface area contributed by atoms with Gasteiger partial charge < -0.3 is 4.74 Å². The average molecular weight is 150 g/mol. The van der Waals surface area contributed by atoms with Crippen molar-refractivity contribution in [2.24, 2.45) is 0 Å². The lowest BCUT2D eigenvalue weighted by atomic mass is 10.2. The van der Waals surface area contributed by atoms with E-state index in [1.54, 1.807) is 7.11 Å². The van der Waals surface area contributed by atoms with E-state index in [2.05, 4.69) is 26.0 Å². The molecular weight excluding hydrogens is 136 g/mol. The molecule has 0 aromatic rings. The fourth-order valence-corrected chi connectivity index (χ4v) is 1.07. The highest BCUT2D eigenvalue weighted by Gasteiger charge is 2.00. The van der Waals surface area contributed by atoms with Gasteiger partial charge in [-0.25, -0.2) is 0 Å². The Morgan fingerprint density at radius 2 is 2.00 bits per heavy atom. The van der Waals surface area contributed by atoms with Crippen molar-refractivity contribution in [1.82, 2.24) is 0 Å². The molecule has 0 saturated carbocycles. The van der Waals surface area contributed by atoms with E-state index in [0.717, 1.165) is 12.2 Å². The highest BCUT2D eigenvalue weighted by molar-refractivity contribution is 5.31. The van der Waals surface area contributed by atoms with E-state index in [0.29, 0.717) is 0 Å². The van der Waals surface area contributed by atoms with Gasteiger partial charge in [0.25, 0.3) is 0 Å². The van der Waals surface area contributed by atoms with E-state index >= 15 is 0 Å². The normalized spacial score (nSPS) is 17.9. The minimum atomic E-state index is 0.998. The van der Waals surface area contributed by atoms with Crippen molar-refractivity contribution in [2.45, 2.75) is 20.3 Å². The third kappa shape index (κ3) is 1.97. The van der Waals surface area contributed by atoms with Crippen LogP contribution in [0.4, 0.5) is 0 Å². The third-order valence-electron chi connectivity index (χ3n) is 1.87. The number of methoxy groups -OCH3 is 1. The quantitative estimate of drug-likeness (QED) is 0.558. The van der Waals surface area contributed by atoms with E-state index < -0.39 is 0 Å². The minimum absolute atomic E-state index is 0.998. The number of allylic oxidation sites excluding steroid dienone is 5. The number of ether oxygens (including phenoxy) is 1. The second kappa shape index (κ2) is 3.42. The van der Waals surface area contributed by atoms with Crippen LogP contribution >= 0.6 is 0 Å². The Morgan fingerprint density at radius 3 is 2.64 bits per heavy atom. The summed E-state index contributed by atoms with van der Waals surface area (Å²) in [7, 11) is 1.71. The maximum atomic E-state index is 5.19. The van der Waals surface area contributed by atoms with Crippen LogP contribution in [0.3, 0.4) is 0 Å². The monoisotopic (exact) mass is 150 g/mol. The third-order valence-corrected chi connectivity index (χ3v) is 1.87. The second-order valence-electron chi connectivity index (χ2n) is 2.83. The summed E-state index contributed by atoms with van der Waals surface area (Å²) in [5, 5.41) is 0. The van der Waals surface area contributed by atoms with Gasteiger partial charge in [-0.3, -0.25) is 0 Å². The summed E-state index contributed by atoms with van der Waals surface area (Å²) in [6.45, 7) is 4.20. The molecule has 1 aliphatic rings. The first-order valence-corrected chi connectivity index (χ1v) is 3.82. The zero-order valence-corrected chi connectivity index (χ0v) is 7.35. The van der Waals surface area contributed by atoms with E-state index in [9.17, 15) is 0 Å². The van der Waals surface area contributed by atoms with E-state index in [1.807, 2.05) is 6.08 Å². The molecule has 1 aliphatic carbocycles. The molecule has 0 bridgehead atoms. The van der Waals surface area contributed by atoms with Gasteiger partial charge in [0.1, 0.15) is 5.76 Å². The number of hydrogen-bond donors (Lipinski definition) is 0. The molecular formula is C10H14O. The molecule has 0 N–H and O–H groups in total. The Labute approximate surface area is 68.1 Å². The van der Waals surface area contributed by atoms with Crippen LogP contribution in [0.2, 0.25) is 0 Å². The molecule has 0 aromatic carbocycles. The van der Waals surface area contributed by atoms with Crippen molar-refractivity contribution in [3.8, 4) is 0 Å². The summed E-state index contributed by atoms with van der Waals surface area (Å²) in [6, 6.07) is 0. The van der Waals surface area contributed by atoms with Crippen LogP contribution < -0.4 is 0 Å². The molecule has 0 amide bonds. The van der Waals surface area contributed by atoms with Crippen molar-refractivity contribution in [1.29, 1.82) is 0 Å². The molecule has 1 nitrogen and oxygen atoms in total. The van der Waals surface area contributed by atoms with Crippen LogP contribution in [0.25, 0.3) is 0 Å². The molecule has 0 fully saturated rings. The molecule has 0 aromatic heterocycles. The Morgan fingerprint density at radius 1 is 1.27 bits per heavy atom. The summed E-state index contributed by atoms with van der Waals surface area (Å²) >= 11 is 0. The Hall–Kier alpha value is -0.980. The van der Waals surface area contributed by atoms with Crippen LogP contribution in [-0.4, -0.2) is 7.11 Å². The van der Waals surface area contributed by atoms with Gasteiger partial charge in [0, 0.05) is 0 Å². The maximum Gasteiger partial charge on any atom is 0.118 e. The molecule has 1 heteroatoms. The first-order valence-electron chi connectivity index (χ1n) is 3.82. The Kier molecular flexibility index (Phi) is 2.53. The van der Waals surface area contributed by atoms with Crippen LogP contribution in [0.5, 0.6) is 0 Å². The van der Waals surface area contributed by atoms with E-state index in [4.69, 9.17) is 4.74 Å². The SMILES string of the molecule is COC1=C(C)CC=C(C)C=C1. The van der Waals surface area contributed by atoms with Gasteiger partial charge in [-0.05, 0) is 31.9 Å². The topological polar surface area (TPSA) is 9.23 Å². The van der Waals surface area contributed by atoms with Crippen molar-refractivity contribution in [3.05, 3.63) is 35.1 Å². The first-order chi connectivity index (χ1) is 5.24. The van der Waals surface area contributed by atoms with Crippen molar-refractivity contribution < 1.29 is 4.74 Å². The zero-order valence-electron chi connectivity index (χ0n) is 7.35. The summed E-state index contributed by atoms with van der Waals surface area (Å²) in [4.78, 5) is 0. The van der Waals surface area contributed by atoms with Gasteiger partial charge in [0.05, 0.1) is 7.11 Å². The largest absolute Gasteiger partial charge is 0.497 e. The molecule has 1 rings (SSSR count). The van der Waals surface area contributed by atoms with Crippen molar-refractivity contribution >= 4 is 0 Å². The molecule has 0 saturated heterocycles. The van der Waals surface area contributed by atoms with Crippen LogP contribution in [0.1, 0.15) is 20.3 Å². The molecule has 0 aliphatic heterocycles. The molecule has 0 spiro atoms. The predicted octanol–water partition coefficient (Wildman–Crippen LogP) is 2.81. The molecule has 0 heterocycles. The number of hydrogen-bond acceptors (Lipinski definition) is 1. The molecule has 0 unspecified atom stereocenters. The second-order valence-corrected chi connectivity index (χ2v) is 2.83. The average Bonchev–Trinajstić information content (AvgIpc) is 2.15. The summed E-state index contributed by atoms with van der Waals surface area (Å²) < 4.78 is 5.19. The fraction of sp³-hybridized carbons (Fsp3) is 0.400. The van der Waals surface area contributed by atoms with Gasteiger partial charge in [0.2, 0.25) is 0 Å². The van der Waals surface area contributed by atoms with Gasteiger partial charge in [-0.2, -0.15) is 0 Å². The Balaban J connectivity index is 2.87. The molecule has 60 valence electrons. The summed E-state index contributed by atoms with van der Waals surface area (Å²) in [5.41, 5.74) is 2.59. The summed E-state index contributed by atoms with van der Waals surface area (Å²) in [6.07, 6.45) is 7.31. The Bertz CT molecular complexity index is 231. The van der Waals surface area contributed by atoms with Crippen molar-refractivity contribution in [3.63, 3.8) is 0 Å². The van der Waals surface area contributed by atoms with Crippen LogP contribution in [-0.2, 0) is 4.74 Å². The lowest BCUT2D eigenvalue weighted by Gasteiger charge is -2.02. The van der Waals surface area contributed by atoms with E-state index in [1.165, 1.54) is 11.1 Å². The van der Waals surface area contributed by atoms with Crippen molar-refractivity contribution in [2.75, 3.05) is 7.11 Å². The lowest BCUT2D eigenvalue weighted by Crippen LogP contribution is -1.85. The standard InChI is InChI=1S/C10H14O/c1-8-4-6-9(2)10(11-3)7-5-8/h4-5,7H,6H2,1-3H3. The lowest BCUT2D eigenvalue weighted by molar-refractivity contribution is 0.302. The highest BCUT2D eigenvalue weighted by atomic mass is 16.5. The van der Waals surface area contributed by atoms with Gasteiger partial charge >= 0.3 is 0 Å². The smallest absolute Gasteiger partial charge is 0.118 e. The molecule has 11 heavy (non-hydrogen) atoms. The van der Waals surface area contributed by atoms with Crippen LogP contribution in [0, 0.1) is 0 Å². The van der Waals surface area contributed by atoms with Gasteiger partial charge in [-0.15, -0.1) is 0 Å². The summed E-state index contributed by atoms with van der Waals surface area (Å²) in [5.74, 6) is 0.998. The van der Waals surface area contributed by atoms with Crippen LogP contribution in [0.15, 0.2) is 35.1 Å². The fourth-order valence-electron chi connectivity index (χ4n) is 1.07. The molecule has 0 radical (unpaired) electrons. The number of rotatable bonds is 1. The van der Waals surface area contributed by atoms with Gasteiger partial charge in [0.15, 0.2) is 0 Å². The predicted molar refractivity (Wildman–Crippen MR) is 47.2 cm³/mol. The highest BCUT2D eigenvalue weighted by Crippen LogP contribution is 2.17. The first kappa shape index (κ1) is 8.12. The zero-order chi connectivity index (χ0) is 8.27. The minimum Gasteiger partial charge on any atom is -0.497 e. The van der Waals surface area contributed by atoms with Gasteiger partial charge in [-0.1, -0.05) is 17.7 Å². The molecule has 0 atom stereocenters.